The average Bonchev–Trinajstić information content (AvgIpc) is 3.36. The molecule has 3 amide bonds. The molecule has 0 spiro atoms. The minimum atomic E-state index is -0.267. The summed E-state index contributed by atoms with van der Waals surface area (Å²) in [5.74, 6) is 0.224. The minimum Gasteiger partial charge on any atom is -0.497 e. The van der Waals surface area contributed by atoms with E-state index in [1.165, 1.54) is 7.11 Å². The SMILES string of the molecule is CCN1C(=O)N(c2cc(OC)cc(C(=O)NCc3cccnc3)c2)Cc2cnc3[nH]ccc3c21. The van der Waals surface area contributed by atoms with Crippen molar-refractivity contribution in [3.63, 3.8) is 0 Å². The Morgan fingerprint density at radius 1 is 1.24 bits per heavy atom. The molecule has 1 aromatic carbocycles. The molecular weight excluding hydrogens is 432 g/mol. The molecule has 5 rings (SSSR count). The lowest BCUT2D eigenvalue weighted by molar-refractivity contribution is 0.0950. The molecule has 172 valence electrons. The fourth-order valence-corrected chi connectivity index (χ4v) is 4.22. The maximum absolute atomic E-state index is 13.5. The van der Waals surface area contributed by atoms with E-state index in [9.17, 15) is 9.59 Å². The third-order valence-electron chi connectivity index (χ3n) is 5.89. The standard InChI is InChI=1S/C25H24N6O3/c1-3-30-22-18(14-28-23-21(22)6-8-27-23)15-31(25(30)33)19-9-17(10-20(11-19)34-2)24(32)29-13-16-5-4-7-26-12-16/h4-12,14H,3,13,15H2,1-2H3,(H,27,28)(H,29,32). The Morgan fingerprint density at radius 2 is 2.12 bits per heavy atom. The maximum Gasteiger partial charge on any atom is 0.329 e. The third kappa shape index (κ3) is 3.81. The second-order valence-corrected chi connectivity index (χ2v) is 7.95. The van der Waals surface area contributed by atoms with Crippen LogP contribution in [0, 0.1) is 0 Å². The van der Waals surface area contributed by atoms with Crippen molar-refractivity contribution >= 4 is 34.3 Å². The van der Waals surface area contributed by atoms with Gasteiger partial charge in [0, 0.05) is 60.5 Å². The van der Waals surface area contributed by atoms with Crippen LogP contribution in [0.3, 0.4) is 0 Å². The third-order valence-corrected chi connectivity index (χ3v) is 5.89. The lowest BCUT2D eigenvalue weighted by Gasteiger charge is -2.37. The van der Waals surface area contributed by atoms with E-state index < -0.39 is 0 Å². The second kappa shape index (κ2) is 8.86. The Bertz CT molecular complexity index is 1370. The Morgan fingerprint density at radius 3 is 2.88 bits per heavy atom. The van der Waals surface area contributed by atoms with Crippen molar-refractivity contribution in [1.29, 1.82) is 0 Å². The number of rotatable bonds is 6. The van der Waals surface area contributed by atoms with E-state index in [0.29, 0.717) is 36.6 Å². The van der Waals surface area contributed by atoms with Gasteiger partial charge in [-0.25, -0.2) is 9.78 Å². The van der Waals surface area contributed by atoms with Gasteiger partial charge in [0.1, 0.15) is 11.4 Å². The molecule has 4 aromatic rings. The number of ether oxygens (including phenoxy) is 1. The molecule has 0 atom stereocenters. The number of aromatic amines is 1. The Hall–Kier alpha value is -4.40. The van der Waals surface area contributed by atoms with E-state index in [4.69, 9.17) is 4.74 Å². The molecule has 34 heavy (non-hydrogen) atoms. The number of nitrogens with one attached hydrogen (secondary N) is 2. The van der Waals surface area contributed by atoms with E-state index in [0.717, 1.165) is 27.8 Å². The number of hydrogen-bond acceptors (Lipinski definition) is 5. The highest BCUT2D eigenvalue weighted by molar-refractivity contribution is 6.11. The van der Waals surface area contributed by atoms with Gasteiger partial charge in [0.15, 0.2) is 0 Å². The van der Waals surface area contributed by atoms with Crippen molar-refractivity contribution in [2.24, 2.45) is 0 Å². The average molecular weight is 457 g/mol. The number of hydrogen-bond donors (Lipinski definition) is 2. The zero-order valence-electron chi connectivity index (χ0n) is 18.9. The summed E-state index contributed by atoms with van der Waals surface area (Å²) in [7, 11) is 1.54. The van der Waals surface area contributed by atoms with E-state index in [2.05, 4.69) is 20.3 Å². The van der Waals surface area contributed by atoms with Crippen LogP contribution in [-0.2, 0) is 13.1 Å². The number of nitrogens with zero attached hydrogens (tertiary/aromatic N) is 4. The van der Waals surface area contributed by atoms with Crippen molar-refractivity contribution in [2.75, 3.05) is 23.5 Å². The molecule has 3 aromatic heterocycles. The highest BCUT2D eigenvalue weighted by Crippen LogP contribution is 2.37. The Balaban J connectivity index is 1.48. The predicted molar refractivity (Wildman–Crippen MR) is 129 cm³/mol. The van der Waals surface area contributed by atoms with Gasteiger partial charge < -0.3 is 15.0 Å². The van der Waals surface area contributed by atoms with Crippen molar-refractivity contribution in [3.05, 3.63) is 77.9 Å². The van der Waals surface area contributed by atoms with Gasteiger partial charge in [-0.05, 0) is 36.8 Å². The first-order chi connectivity index (χ1) is 16.6. The smallest absolute Gasteiger partial charge is 0.329 e. The highest BCUT2D eigenvalue weighted by atomic mass is 16.5. The quantitative estimate of drug-likeness (QED) is 0.459. The van der Waals surface area contributed by atoms with E-state index in [-0.39, 0.29) is 11.9 Å². The van der Waals surface area contributed by atoms with Crippen LogP contribution in [-0.4, -0.2) is 40.5 Å². The minimum absolute atomic E-state index is 0.168. The number of pyridine rings is 2. The molecule has 2 N–H and O–H groups in total. The highest BCUT2D eigenvalue weighted by Gasteiger charge is 2.33. The van der Waals surface area contributed by atoms with Crippen LogP contribution in [0.1, 0.15) is 28.4 Å². The zero-order valence-corrected chi connectivity index (χ0v) is 18.9. The Kier molecular flexibility index (Phi) is 5.59. The van der Waals surface area contributed by atoms with Crippen LogP contribution in [0.5, 0.6) is 5.75 Å². The molecule has 0 saturated heterocycles. The molecule has 0 bridgehead atoms. The van der Waals surface area contributed by atoms with Crippen LogP contribution < -0.4 is 19.9 Å². The van der Waals surface area contributed by atoms with Gasteiger partial charge in [0.05, 0.1) is 25.0 Å². The first-order valence-corrected chi connectivity index (χ1v) is 11.0. The van der Waals surface area contributed by atoms with E-state index in [1.54, 1.807) is 46.6 Å². The number of anilines is 2. The van der Waals surface area contributed by atoms with Crippen LogP contribution in [0.25, 0.3) is 11.0 Å². The lowest BCUT2D eigenvalue weighted by Crippen LogP contribution is -2.47. The van der Waals surface area contributed by atoms with Gasteiger partial charge in [0.25, 0.3) is 5.91 Å². The molecule has 9 heteroatoms. The number of carbonyl (C=O) groups is 2. The monoisotopic (exact) mass is 456 g/mol. The first-order valence-electron chi connectivity index (χ1n) is 11.0. The summed E-state index contributed by atoms with van der Waals surface area (Å²) >= 11 is 0. The molecule has 4 heterocycles. The molecule has 0 saturated carbocycles. The summed E-state index contributed by atoms with van der Waals surface area (Å²) in [6.45, 7) is 3.11. The number of H-pyrrole nitrogens is 1. The zero-order chi connectivity index (χ0) is 23.7. The molecule has 1 aliphatic rings. The number of carbonyl (C=O) groups excluding carboxylic acids is 2. The summed E-state index contributed by atoms with van der Waals surface area (Å²) in [5, 5.41) is 3.81. The first kappa shape index (κ1) is 21.4. The van der Waals surface area contributed by atoms with E-state index >= 15 is 0 Å². The predicted octanol–water partition coefficient (Wildman–Crippen LogP) is 3.86. The van der Waals surface area contributed by atoms with Gasteiger partial charge in [0.2, 0.25) is 0 Å². The summed E-state index contributed by atoms with van der Waals surface area (Å²) in [6, 6.07) is 10.6. The summed E-state index contributed by atoms with van der Waals surface area (Å²) in [6.07, 6.45) is 7.00. The van der Waals surface area contributed by atoms with Crippen molar-refractivity contribution in [2.45, 2.75) is 20.0 Å². The van der Waals surface area contributed by atoms with E-state index in [1.807, 2.05) is 31.3 Å². The lowest BCUT2D eigenvalue weighted by atomic mass is 10.1. The number of urea groups is 1. The molecule has 0 radical (unpaired) electrons. The number of amides is 3. The van der Waals surface area contributed by atoms with Gasteiger partial charge in [-0.3, -0.25) is 19.6 Å². The van der Waals surface area contributed by atoms with Crippen molar-refractivity contribution in [3.8, 4) is 5.75 Å². The van der Waals surface area contributed by atoms with Crippen LogP contribution >= 0.6 is 0 Å². The van der Waals surface area contributed by atoms with Gasteiger partial charge in [-0.2, -0.15) is 0 Å². The largest absolute Gasteiger partial charge is 0.497 e. The summed E-state index contributed by atoms with van der Waals surface area (Å²) < 4.78 is 5.45. The van der Waals surface area contributed by atoms with Crippen molar-refractivity contribution in [1.82, 2.24) is 20.3 Å². The molecule has 0 fully saturated rings. The fraction of sp³-hybridized carbons (Fsp3) is 0.200. The molecular formula is C25H24N6O3. The number of aromatic nitrogens is 3. The van der Waals surface area contributed by atoms with Crippen LogP contribution in [0.4, 0.5) is 16.2 Å². The van der Waals surface area contributed by atoms with Crippen molar-refractivity contribution < 1.29 is 14.3 Å². The maximum atomic E-state index is 13.5. The second-order valence-electron chi connectivity index (χ2n) is 7.95. The van der Waals surface area contributed by atoms with Gasteiger partial charge in [-0.1, -0.05) is 6.07 Å². The number of fused-ring (bicyclic) bond motifs is 3. The van der Waals surface area contributed by atoms with Gasteiger partial charge >= 0.3 is 6.03 Å². The molecule has 0 unspecified atom stereocenters. The fourth-order valence-electron chi connectivity index (χ4n) is 4.22. The molecule has 0 aliphatic carbocycles. The summed E-state index contributed by atoms with van der Waals surface area (Å²) in [4.78, 5) is 41.5. The van der Waals surface area contributed by atoms with Gasteiger partial charge in [-0.15, -0.1) is 0 Å². The molecule has 1 aliphatic heterocycles. The Labute approximate surface area is 196 Å². The molecule has 9 nitrogen and oxygen atoms in total. The number of methoxy groups -OCH3 is 1. The van der Waals surface area contributed by atoms with Crippen LogP contribution in [0.15, 0.2) is 61.2 Å². The van der Waals surface area contributed by atoms with Crippen LogP contribution in [0.2, 0.25) is 0 Å². The summed E-state index contributed by atoms with van der Waals surface area (Å²) in [5.41, 5.74) is 4.41. The number of benzene rings is 1. The normalized spacial score (nSPS) is 13.2. The topological polar surface area (TPSA) is 103 Å².